The summed E-state index contributed by atoms with van der Waals surface area (Å²) in [7, 11) is -9.94. The Morgan fingerprint density at radius 2 is 0.519 bits per heavy atom. The molecule has 0 aromatic heterocycles. The first-order valence-electron chi connectivity index (χ1n) is 43.5. The van der Waals surface area contributed by atoms with E-state index in [9.17, 15) is 43.2 Å². The summed E-state index contributed by atoms with van der Waals surface area (Å²) in [6.07, 6.45) is 73.0. The third kappa shape index (κ3) is 77.7. The van der Waals surface area contributed by atoms with Gasteiger partial charge in [-0.2, -0.15) is 0 Å². The summed E-state index contributed by atoms with van der Waals surface area (Å²) in [6.45, 7) is 7.28. The number of carbonyl (C=O) groups is 4. The first-order chi connectivity index (χ1) is 50.5. The van der Waals surface area contributed by atoms with Crippen LogP contribution >= 0.6 is 15.6 Å². The molecule has 19 heteroatoms. The maximum Gasteiger partial charge on any atom is 0.472 e. The molecule has 0 aliphatic carbocycles. The molecule has 0 rings (SSSR count). The Labute approximate surface area is 637 Å². The lowest BCUT2D eigenvalue weighted by Gasteiger charge is -2.21. The molecular weight excluding hydrogens is 1350 g/mol. The van der Waals surface area contributed by atoms with Crippen LogP contribution in [0.1, 0.15) is 433 Å². The fourth-order valence-electron chi connectivity index (χ4n) is 12.8. The van der Waals surface area contributed by atoms with Crippen molar-refractivity contribution in [1.29, 1.82) is 0 Å². The number of allylic oxidation sites excluding steroid dienone is 4. The summed E-state index contributed by atoms with van der Waals surface area (Å²) in [4.78, 5) is 73.2. The van der Waals surface area contributed by atoms with Gasteiger partial charge in [-0.05, 0) is 57.3 Å². The second-order valence-electron chi connectivity index (χ2n) is 30.4. The number of rotatable bonds is 83. The van der Waals surface area contributed by atoms with Crippen LogP contribution in [-0.2, 0) is 65.4 Å². The maximum atomic E-state index is 13.1. The topological polar surface area (TPSA) is 237 Å². The van der Waals surface area contributed by atoms with Crippen molar-refractivity contribution in [3.05, 3.63) is 24.3 Å². The van der Waals surface area contributed by atoms with Crippen molar-refractivity contribution in [1.82, 2.24) is 0 Å². The van der Waals surface area contributed by atoms with Crippen molar-refractivity contribution >= 4 is 39.5 Å². The zero-order valence-corrected chi connectivity index (χ0v) is 69.4. The van der Waals surface area contributed by atoms with E-state index < -0.39 is 97.5 Å². The van der Waals surface area contributed by atoms with Gasteiger partial charge >= 0.3 is 39.5 Å². The smallest absolute Gasteiger partial charge is 0.462 e. The summed E-state index contributed by atoms with van der Waals surface area (Å²) in [6, 6.07) is 0. The molecule has 0 radical (unpaired) electrons. The number of aliphatic hydroxyl groups excluding tert-OH is 1. The van der Waals surface area contributed by atoms with Crippen LogP contribution in [0.25, 0.3) is 0 Å². The van der Waals surface area contributed by atoms with Gasteiger partial charge in [0.15, 0.2) is 12.2 Å². The SMILES string of the molecule is CCCCCC/C=C\C=C/CCCCCCCC(=O)OC[C@H](COP(=O)(O)OC[C@@H](O)COP(=O)(O)OC[C@@H](COC(=O)CCCCCCCCCCCCC(C)C)OC(=O)CCCCCCCCCCCCCCCC)OC(=O)CCCCCCCCCCCCCCCCCCCCCCCC. The minimum atomic E-state index is -4.97. The summed E-state index contributed by atoms with van der Waals surface area (Å²) in [5, 5.41) is 10.7. The van der Waals surface area contributed by atoms with Crippen LogP contribution in [-0.4, -0.2) is 96.7 Å². The van der Waals surface area contributed by atoms with E-state index in [2.05, 4.69) is 58.9 Å². The molecule has 0 spiro atoms. The first-order valence-corrected chi connectivity index (χ1v) is 46.4. The number of aliphatic hydroxyl groups is 1. The van der Waals surface area contributed by atoms with E-state index >= 15 is 0 Å². The predicted molar refractivity (Wildman–Crippen MR) is 428 cm³/mol. The van der Waals surface area contributed by atoms with Gasteiger partial charge in [0.1, 0.15) is 19.3 Å². The molecule has 0 saturated heterocycles. The minimum absolute atomic E-state index is 0.102. The Bertz CT molecular complexity index is 2070. The van der Waals surface area contributed by atoms with Crippen molar-refractivity contribution < 1.29 is 80.2 Å². The molecule has 0 saturated carbocycles. The highest BCUT2D eigenvalue weighted by Crippen LogP contribution is 2.45. The molecule has 5 atom stereocenters. The van der Waals surface area contributed by atoms with Crippen LogP contribution in [0.5, 0.6) is 0 Å². The molecule has 3 N–H and O–H groups in total. The average Bonchev–Trinajstić information content (AvgIpc) is 0.926. The van der Waals surface area contributed by atoms with E-state index in [1.165, 1.54) is 238 Å². The molecule has 104 heavy (non-hydrogen) atoms. The second kappa shape index (κ2) is 77.3. The van der Waals surface area contributed by atoms with Gasteiger partial charge in [0, 0.05) is 25.7 Å². The number of hydrogen-bond donors (Lipinski definition) is 3. The lowest BCUT2D eigenvalue weighted by atomic mass is 10.0. The van der Waals surface area contributed by atoms with Crippen LogP contribution in [0.3, 0.4) is 0 Å². The molecule has 0 bridgehead atoms. The van der Waals surface area contributed by atoms with E-state index in [4.69, 9.17) is 37.0 Å². The standard InChI is InChI=1S/C85H162O17P2/c1-6-9-12-15-18-21-24-27-30-31-32-33-34-35-36-38-41-44-51-56-61-66-71-85(90)101-80(74-95-82(87)68-63-58-53-48-42-40-37-28-25-22-19-16-13-10-7-2)76-99-103(91,92)97-72-79(86)73-98-104(93,94)100-77-81(75-96-83(88)69-64-59-54-49-46-45-47-52-57-62-67-78(4)5)102-84(89)70-65-60-55-50-43-39-29-26-23-20-17-14-11-8-3/h22,25,28,37,78-81,86H,6-21,23-24,26-27,29-36,38-77H2,1-5H3,(H,91,92)(H,93,94)/b25-22-,37-28-/t79-,80-,81-/m1/s1. The van der Waals surface area contributed by atoms with Gasteiger partial charge in [-0.25, -0.2) is 9.13 Å². The van der Waals surface area contributed by atoms with Gasteiger partial charge in [-0.3, -0.25) is 37.3 Å². The number of phosphoric ester groups is 2. The lowest BCUT2D eigenvalue weighted by Crippen LogP contribution is -2.30. The Balaban J connectivity index is 5.26. The molecule has 0 aromatic rings. The molecule has 0 amide bonds. The monoisotopic (exact) mass is 1520 g/mol. The highest BCUT2D eigenvalue weighted by atomic mass is 31.2. The van der Waals surface area contributed by atoms with E-state index in [0.717, 1.165) is 115 Å². The van der Waals surface area contributed by atoms with Crippen LogP contribution in [0.15, 0.2) is 24.3 Å². The van der Waals surface area contributed by atoms with Crippen molar-refractivity contribution in [3.8, 4) is 0 Å². The second-order valence-corrected chi connectivity index (χ2v) is 33.3. The quantitative estimate of drug-likeness (QED) is 0.0169. The summed E-state index contributed by atoms with van der Waals surface area (Å²) in [5.74, 6) is -1.37. The van der Waals surface area contributed by atoms with Gasteiger partial charge in [0.25, 0.3) is 0 Å². The van der Waals surface area contributed by atoms with Crippen molar-refractivity contribution in [2.75, 3.05) is 39.6 Å². The number of unbranched alkanes of at least 4 members (excludes halogenated alkanes) is 52. The molecule has 0 fully saturated rings. The van der Waals surface area contributed by atoms with Gasteiger partial charge < -0.3 is 33.8 Å². The molecular formula is C85H162O17P2. The Morgan fingerprint density at radius 1 is 0.298 bits per heavy atom. The molecule has 614 valence electrons. The van der Waals surface area contributed by atoms with Crippen molar-refractivity contribution in [2.24, 2.45) is 5.92 Å². The molecule has 2 unspecified atom stereocenters. The van der Waals surface area contributed by atoms with Gasteiger partial charge in [0.05, 0.1) is 26.4 Å². The fourth-order valence-corrected chi connectivity index (χ4v) is 14.3. The van der Waals surface area contributed by atoms with Crippen LogP contribution in [0, 0.1) is 5.92 Å². The Kier molecular flexibility index (Phi) is 75.4. The number of esters is 4. The van der Waals surface area contributed by atoms with Gasteiger partial charge in [-0.1, -0.05) is 380 Å². The van der Waals surface area contributed by atoms with Crippen LogP contribution < -0.4 is 0 Å². The van der Waals surface area contributed by atoms with E-state index in [-0.39, 0.29) is 25.7 Å². The van der Waals surface area contributed by atoms with E-state index in [1.807, 2.05) is 0 Å². The Hall–Kier alpha value is -2.46. The lowest BCUT2D eigenvalue weighted by molar-refractivity contribution is -0.161. The van der Waals surface area contributed by atoms with Gasteiger partial charge in [-0.15, -0.1) is 0 Å². The third-order valence-electron chi connectivity index (χ3n) is 19.4. The summed E-state index contributed by atoms with van der Waals surface area (Å²) >= 11 is 0. The number of carbonyl (C=O) groups excluding carboxylic acids is 4. The fraction of sp³-hybridized carbons (Fsp3) is 0.906. The largest absolute Gasteiger partial charge is 0.472 e. The number of phosphoric acid groups is 2. The van der Waals surface area contributed by atoms with Gasteiger partial charge in [0.2, 0.25) is 0 Å². The number of ether oxygens (including phenoxy) is 4. The van der Waals surface area contributed by atoms with Crippen molar-refractivity contribution in [2.45, 2.75) is 451 Å². The zero-order chi connectivity index (χ0) is 76.2. The maximum absolute atomic E-state index is 13.1. The highest BCUT2D eigenvalue weighted by molar-refractivity contribution is 7.47. The average molecular weight is 1520 g/mol. The summed E-state index contributed by atoms with van der Waals surface area (Å²) < 4.78 is 68.8. The normalized spacial score (nSPS) is 13.9. The van der Waals surface area contributed by atoms with E-state index in [0.29, 0.717) is 25.7 Å². The first kappa shape index (κ1) is 102. The van der Waals surface area contributed by atoms with Crippen LogP contribution in [0.4, 0.5) is 0 Å². The summed E-state index contributed by atoms with van der Waals surface area (Å²) in [5.41, 5.74) is 0. The highest BCUT2D eigenvalue weighted by Gasteiger charge is 2.30. The van der Waals surface area contributed by atoms with E-state index in [1.54, 1.807) is 0 Å². The third-order valence-corrected chi connectivity index (χ3v) is 21.3. The van der Waals surface area contributed by atoms with Crippen molar-refractivity contribution in [3.63, 3.8) is 0 Å². The Morgan fingerprint density at radius 3 is 0.788 bits per heavy atom. The molecule has 0 aromatic carbocycles. The minimum Gasteiger partial charge on any atom is -0.462 e. The van der Waals surface area contributed by atoms with Crippen LogP contribution in [0.2, 0.25) is 0 Å². The zero-order valence-electron chi connectivity index (χ0n) is 67.7. The number of hydrogen-bond acceptors (Lipinski definition) is 15. The predicted octanol–water partition coefficient (Wildman–Crippen LogP) is 25.5. The molecule has 0 heterocycles. The molecule has 0 aliphatic rings. The molecule has 17 nitrogen and oxygen atoms in total. The molecule has 0 aliphatic heterocycles.